The molecule has 0 aliphatic carbocycles. The predicted molar refractivity (Wildman–Crippen MR) is 102 cm³/mol. The molecule has 1 N–H and O–H groups in total. The number of rotatable bonds is 3. The first-order valence-corrected chi connectivity index (χ1v) is 9.08. The largest absolute Gasteiger partial charge is 0.298 e. The van der Waals surface area contributed by atoms with Gasteiger partial charge in [0.1, 0.15) is 5.82 Å². The molecule has 4 rings (SSSR count). The molecule has 8 heteroatoms. The minimum atomic E-state index is -0.967. The number of nitrogens with zero attached hydrogens (tertiary/aromatic N) is 2. The van der Waals surface area contributed by atoms with E-state index >= 15 is 0 Å². The molecule has 0 aliphatic rings. The van der Waals surface area contributed by atoms with Crippen LogP contribution in [0.25, 0.3) is 22.2 Å². The number of thiazole rings is 1. The van der Waals surface area contributed by atoms with Crippen molar-refractivity contribution in [3.8, 4) is 11.3 Å². The van der Waals surface area contributed by atoms with Crippen LogP contribution in [0, 0.1) is 24.4 Å². The monoisotopic (exact) mass is 399 g/mol. The van der Waals surface area contributed by atoms with Gasteiger partial charge in [-0.15, -0.1) is 11.3 Å². The third kappa shape index (κ3) is 3.46. The summed E-state index contributed by atoms with van der Waals surface area (Å²) in [5.74, 6) is -2.72. The SMILES string of the molecule is Cc1nc2cc(F)ccc2cc1C(=O)Nc1nc(-c2ccc(F)c(F)c2)cs1. The lowest BCUT2D eigenvalue weighted by Gasteiger charge is -2.07. The highest BCUT2D eigenvalue weighted by Gasteiger charge is 2.15. The number of benzene rings is 2. The summed E-state index contributed by atoms with van der Waals surface area (Å²) in [4.78, 5) is 21.1. The standard InChI is InChI=1S/C20H12F3N3OS/c1-10-14(6-11-2-4-13(21)8-17(11)24-10)19(27)26-20-25-18(9-28-20)12-3-5-15(22)16(23)7-12/h2-9H,1H3,(H,25,26,27). The molecule has 0 spiro atoms. The second kappa shape index (κ2) is 7.05. The Hall–Kier alpha value is -3.26. The molecule has 0 aliphatic heterocycles. The van der Waals surface area contributed by atoms with Gasteiger partial charge in [-0.2, -0.15) is 0 Å². The molecule has 0 bridgehead atoms. The average Bonchev–Trinajstić information content (AvgIpc) is 3.11. The van der Waals surface area contributed by atoms with E-state index < -0.39 is 23.4 Å². The number of nitrogens with one attached hydrogen (secondary N) is 1. The molecule has 0 radical (unpaired) electrons. The van der Waals surface area contributed by atoms with Gasteiger partial charge >= 0.3 is 0 Å². The van der Waals surface area contributed by atoms with Crippen molar-refractivity contribution in [1.82, 2.24) is 9.97 Å². The molecule has 2 aromatic heterocycles. The summed E-state index contributed by atoms with van der Waals surface area (Å²) in [6.07, 6.45) is 0. The number of amides is 1. The Kier molecular flexibility index (Phi) is 4.56. The predicted octanol–water partition coefficient (Wildman–Crippen LogP) is 5.34. The Labute approximate surface area is 161 Å². The molecule has 0 atom stereocenters. The maximum atomic E-state index is 13.4. The summed E-state index contributed by atoms with van der Waals surface area (Å²) in [6, 6.07) is 9.28. The molecule has 0 saturated carbocycles. The second-order valence-corrected chi connectivity index (χ2v) is 6.94. The van der Waals surface area contributed by atoms with Crippen molar-refractivity contribution >= 4 is 33.3 Å². The van der Waals surface area contributed by atoms with Gasteiger partial charge in [0, 0.05) is 22.4 Å². The van der Waals surface area contributed by atoms with E-state index in [0.717, 1.165) is 23.5 Å². The molecular formula is C20H12F3N3OS. The van der Waals surface area contributed by atoms with Crippen LogP contribution in [0.3, 0.4) is 0 Å². The van der Waals surface area contributed by atoms with Crippen LogP contribution in [0.5, 0.6) is 0 Å². The minimum Gasteiger partial charge on any atom is -0.298 e. The van der Waals surface area contributed by atoms with Crippen molar-refractivity contribution < 1.29 is 18.0 Å². The van der Waals surface area contributed by atoms with Gasteiger partial charge in [-0.05, 0) is 43.3 Å². The number of carbonyl (C=O) groups excluding carboxylic acids is 1. The maximum Gasteiger partial charge on any atom is 0.259 e. The quantitative estimate of drug-likeness (QED) is 0.506. The Morgan fingerprint density at radius 1 is 1.00 bits per heavy atom. The fourth-order valence-corrected chi connectivity index (χ4v) is 3.46. The molecule has 140 valence electrons. The van der Waals surface area contributed by atoms with Gasteiger partial charge in [-0.1, -0.05) is 0 Å². The highest BCUT2D eigenvalue weighted by molar-refractivity contribution is 7.14. The number of aromatic nitrogens is 2. The van der Waals surface area contributed by atoms with E-state index in [9.17, 15) is 18.0 Å². The number of carbonyl (C=O) groups is 1. The molecule has 4 nitrogen and oxygen atoms in total. The smallest absolute Gasteiger partial charge is 0.259 e. The van der Waals surface area contributed by atoms with Crippen LogP contribution < -0.4 is 5.32 Å². The van der Waals surface area contributed by atoms with Gasteiger partial charge in [-0.25, -0.2) is 18.2 Å². The highest BCUT2D eigenvalue weighted by Crippen LogP contribution is 2.27. The molecule has 0 unspecified atom stereocenters. The maximum absolute atomic E-state index is 13.4. The second-order valence-electron chi connectivity index (χ2n) is 6.08. The van der Waals surface area contributed by atoms with E-state index in [4.69, 9.17) is 0 Å². The zero-order valence-corrected chi connectivity index (χ0v) is 15.3. The summed E-state index contributed by atoms with van der Waals surface area (Å²) in [5, 5.41) is 5.26. The molecule has 4 aromatic rings. The normalized spacial score (nSPS) is 11.0. The fraction of sp³-hybridized carbons (Fsp3) is 0.0500. The van der Waals surface area contributed by atoms with Crippen molar-refractivity contribution in [2.75, 3.05) is 5.32 Å². The van der Waals surface area contributed by atoms with Crippen LogP contribution in [0.2, 0.25) is 0 Å². The van der Waals surface area contributed by atoms with Crippen LogP contribution in [0.1, 0.15) is 16.1 Å². The third-order valence-corrected chi connectivity index (χ3v) is 4.91. The fourth-order valence-electron chi connectivity index (χ4n) is 2.75. The van der Waals surface area contributed by atoms with Crippen molar-refractivity contribution in [1.29, 1.82) is 0 Å². The molecular weight excluding hydrogens is 387 g/mol. The Morgan fingerprint density at radius 3 is 2.61 bits per heavy atom. The van der Waals surface area contributed by atoms with E-state index in [-0.39, 0.29) is 0 Å². The van der Waals surface area contributed by atoms with Crippen molar-refractivity contribution in [2.24, 2.45) is 0 Å². The molecule has 2 heterocycles. The van der Waals surface area contributed by atoms with E-state index in [1.54, 1.807) is 24.4 Å². The van der Waals surface area contributed by atoms with Gasteiger partial charge < -0.3 is 0 Å². The summed E-state index contributed by atoms with van der Waals surface area (Å²) < 4.78 is 39.8. The van der Waals surface area contributed by atoms with Crippen LogP contribution in [-0.4, -0.2) is 15.9 Å². The number of aryl methyl sites for hydroxylation is 1. The number of hydrogen-bond acceptors (Lipinski definition) is 4. The first-order valence-electron chi connectivity index (χ1n) is 8.20. The number of anilines is 1. The van der Waals surface area contributed by atoms with Crippen molar-refractivity contribution in [3.05, 3.63) is 76.6 Å². The summed E-state index contributed by atoms with van der Waals surface area (Å²) >= 11 is 1.16. The first-order chi connectivity index (χ1) is 13.4. The van der Waals surface area contributed by atoms with Crippen molar-refractivity contribution in [3.63, 3.8) is 0 Å². The first kappa shape index (κ1) is 18.1. The van der Waals surface area contributed by atoms with E-state index in [2.05, 4.69) is 15.3 Å². The zero-order valence-electron chi connectivity index (χ0n) is 14.5. The Morgan fingerprint density at radius 2 is 1.82 bits per heavy atom. The Bertz CT molecular complexity index is 1220. The average molecular weight is 399 g/mol. The van der Waals surface area contributed by atoms with Gasteiger partial charge in [0.05, 0.1) is 22.5 Å². The van der Waals surface area contributed by atoms with Gasteiger partial charge in [0.15, 0.2) is 16.8 Å². The van der Waals surface area contributed by atoms with Gasteiger partial charge in [-0.3, -0.25) is 15.1 Å². The van der Waals surface area contributed by atoms with E-state index in [0.29, 0.717) is 38.5 Å². The molecule has 0 saturated heterocycles. The lowest BCUT2D eigenvalue weighted by atomic mass is 10.1. The number of halogens is 3. The van der Waals surface area contributed by atoms with Crippen LogP contribution in [0.15, 0.2) is 47.8 Å². The number of hydrogen-bond donors (Lipinski definition) is 1. The van der Waals surface area contributed by atoms with E-state index in [1.807, 2.05) is 0 Å². The summed E-state index contributed by atoms with van der Waals surface area (Å²) in [7, 11) is 0. The van der Waals surface area contributed by atoms with Gasteiger partial charge in [0.25, 0.3) is 5.91 Å². The minimum absolute atomic E-state index is 0.309. The number of pyridine rings is 1. The summed E-state index contributed by atoms with van der Waals surface area (Å²) in [6.45, 7) is 1.66. The number of fused-ring (bicyclic) bond motifs is 1. The molecule has 2 aromatic carbocycles. The van der Waals surface area contributed by atoms with Crippen molar-refractivity contribution in [2.45, 2.75) is 6.92 Å². The topological polar surface area (TPSA) is 54.9 Å². The van der Waals surface area contributed by atoms with E-state index in [1.165, 1.54) is 18.2 Å². The van der Waals surface area contributed by atoms with Crippen LogP contribution in [0.4, 0.5) is 18.3 Å². The Balaban J connectivity index is 1.59. The zero-order chi connectivity index (χ0) is 19.8. The summed E-state index contributed by atoms with van der Waals surface area (Å²) in [5.41, 5.74) is 2.07. The molecule has 28 heavy (non-hydrogen) atoms. The van der Waals surface area contributed by atoms with Crippen LogP contribution in [-0.2, 0) is 0 Å². The molecule has 0 fully saturated rings. The third-order valence-electron chi connectivity index (χ3n) is 4.15. The molecule has 1 amide bonds. The lowest BCUT2D eigenvalue weighted by molar-refractivity contribution is 0.102. The highest BCUT2D eigenvalue weighted by atomic mass is 32.1. The van der Waals surface area contributed by atoms with Crippen LogP contribution >= 0.6 is 11.3 Å². The van der Waals surface area contributed by atoms with Gasteiger partial charge in [0.2, 0.25) is 0 Å². The lowest BCUT2D eigenvalue weighted by Crippen LogP contribution is -2.14.